The Labute approximate surface area is 159 Å². The average molecular weight is 380 g/mol. The van der Waals surface area contributed by atoms with Crippen molar-refractivity contribution in [3.8, 4) is 0 Å². The van der Waals surface area contributed by atoms with Crippen molar-refractivity contribution in [1.29, 1.82) is 0 Å². The molecule has 4 nitrogen and oxygen atoms in total. The summed E-state index contributed by atoms with van der Waals surface area (Å²) < 4.78 is 0. The number of nitrogens with zero attached hydrogens (tertiary/aromatic N) is 2. The van der Waals surface area contributed by atoms with Gasteiger partial charge in [0.25, 0.3) is 5.91 Å². The lowest BCUT2D eigenvalue weighted by Crippen LogP contribution is -2.26. The van der Waals surface area contributed by atoms with Gasteiger partial charge in [0.15, 0.2) is 0 Å². The van der Waals surface area contributed by atoms with Crippen molar-refractivity contribution in [2.24, 2.45) is 5.92 Å². The van der Waals surface area contributed by atoms with Crippen LogP contribution in [0.2, 0.25) is 0 Å². The molecule has 0 unspecified atom stereocenters. The normalized spacial score (nSPS) is 11.4. The van der Waals surface area contributed by atoms with Crippen LogP contribution < -0.4 is 5.32 Å². The van der Waals surface area contributed by atoms with Crippen molar-refractivity contribution in [3.63, 3.8) is 0 Å². The van der Waals surface area contributed by atoms with Gasteiger partial charge in [0, 0.05) is 28.2 Å². The summed E-state index contributed by atoms with van der Waals surface area (Å²) in [6.45, 7) is 12.2. The van der Waals surface area contributed by atoms with Gasteiger partial charge in [-0.15, -0.1) is 22.7 Å². The van der Waals surface area contributed by atoms with E-state index in [1.165, 1.54) is 16.2 Å². The first-order chi connectivity index (χ1) is 12.0. The molecule has 0 aromatic carbocycles. The number of carbonyl (C=O) groups excluding carboxylic acids is 1. The monoisotopic (exact) mass is 379 g/mol. The molecule has 0 saturated heterocycles. The summed E-state index contributed by atoms with van der Waals surface area (Å²) in [6, 6.07) is 4.40. The molecular formula is C19H29N3OS2. The zero-order chi connectivity index (χ0) is 18.2. The van der Waals surface area contributed by atoms with Crippen molar-refractivity contribution >= 4 is 28.6 Å². The molecule has 0 spiro atoms. The number of amides is 1. The summed E-state index contributed by atoms with van der Waals surface area (Å²) in [5, 5.41) is 5.78. The summed E-state index contributed by atoms with van der Waals surface area (Å²) in [7, 11) is 0. The quantitative estimate of drug-likeness (QED) is 0.651. The van der Waals surface area contributed by atoms with Crippen molar-refractivity contribution in [2.75, 3.05) is 13.1 Å². The van der Waals surface area contributed by atoms with Crippen LogP contribution in [0.15, 0.2) is 17.5 Å². The molecule has 0 bridgehead atoms. The molecule has 25 heavy (non-hydrogen) atoms. The van der Waals surface area contributed by atoms with Gasteiger partial charge in [-0.2, -0.15) is 0 Å². The average Bonchev–Trinajstić information content (AvgIpc) is 3.19. The molecule has 2 aromatic heterocycles. The largest absolute Gasteiger partial charge is 0.351 e. The number of hydrogen-bond donors (Lipinski definition) is 1. The third-order valence-corrected chi connectivity index (χ3v) is 5.70. The molecule has 0 fully saturated rings. The van der Waals surface area contributed by atoms with E-state index in [0.29, 0.717) is 18.2 Å². The fourth-order valence-corrected chi connectivity index (χ4v) is 4.20. The summed E-state index contributed by atoms with van der Waals surface area (Å²) in [5.41, 5.74) is 0.546. The summed E-state index contributed by atoms with van der Waals surface area (Å²) in [5.74, 6) is 0.617. The second-order valence-corrected chi connectivity index (χ2v) is 9.10. The van der Waals surface area contributed by atoms with Crippen molar-refractivity contribution in [1.82, 2.24) is 15.2 Å². The lowest BCUT2D eigenvalue weighted by atomic mass is 10.1. The number of thiophene rings is 1. The van der Waals surface area contributed by atoms with Crippen LogP contribution in [0, 0.1) is 12.8 Å². The van der Waals surface area contributed by atoms with Gasteiger partial charge in [-0.3, -0.25) is 9.69 Å². The Hall–Kier alpha value is -1.24. The Kier molecular flexibility index (Phi) is 8.06. The second kappa shape index (κ2) is 10.0. The Morgan fingerprint density at radius 3 is 2.76 bits per heavy atom. The SMILES string of the molecule is CCCNC(=O)c1csc(CN(CCC(C)C)Cc2ccc(C)s2)n1. The van der Waals surface area contributed by atoms with Crippen LogP contribution in [0.5, 0.6) is 0 Å². The van der Waals surface area contributed by atoms with E-state index in [9.17, 15) is 4.79 Å². The van der Waals surface area contributed by atoms with Gasteiger partial charge >= 0.3 is 0 Å². The number of thiazole rings is 1. The van der Waals surface area contributed by atoms with Crippen LogP contribution in [-0.2, 0) is 13.1 Å². The lowest BCUT2D eigenvalue weighted by Gasteiger charge is -2.21. The maximum Gasteiger partial charge on any atom is 0.270 e. The molecule has 0 atom stereocenters. The number of rotatable bonds is 10. The van der Waals surface area contributed by atoms with E-state index in [-0.39, 0.29) is 5.91 Å². The standard InChI is InChI=1S/C19H29N3OS2/c1-5-9-20-19(23)17-13-24-18(21-17)12-22(10-8-14(2)3)11-16-7-6-15(4)25-16/h6-7,13-14H,5,8-12H2,1-4H3,(H,20,23). The van der Waals surface area contributed by atoms with Gasteiger partial charge < -0.3 is 5.32 Å². The molecular weight excluding hydrogens is 350 g/mol. The van der Waals surface area contributed by atoms with E-state index < -0.39 is 0 Å². The van der Waals surface area contributed by atoms with Gasteiger partial charge in [0.1, 0.15) is 10.7 Å². The maximum atomic E-state index is 12.0. The minimum Gasteiger partial charge on any atom is -0.351 e. The molecule has 0 aliphatic rings. The zero-order valence-corrected chi connectivity index (χ0v) is 17.3. The van der Waals surface area contributed by atoms with Crippen LogP contribution in [0.3, 0.4) is 0 Å². The van der Waals surface area contributed by atoms with E-state index in [1.807, 2.05) is 23.6 Å². The molecule has 2 aromatic rings. The number of aryl methyl sites for hydroxylation is 1. The molecule has 0 saturated carbocycles. The molecule has 2 heterocycles. The highest BCUT2D eigenvalue weighted by atomic mass is 32.1. The smallest absolute Gasteiger partial charge is 0.270 e. The van der Waals surface area contributed by atoms with Gasteiger partial charge in [-0.05, 0) is 44.4 Å². The fraction of sp³-hybridized carbons (Fsp3) is 0.579. The number of hydrogen-bond acceptors (Lipinski definition) is 5. The highest BCUT2D eigenvalue weighted by molar-refractivity contribution is 7.11. The predicted molar refractivity (Wildman–Crippen MR) is 107 cm³/mol. The molecule has 0 aliphatic carbocycles. The van der Waals surface area contributed by atoms with Crippen LogP contribution in [0.1, 0.15) is 58.9 Å². The van der Waals surface area contributed by atoms with E-state index in [0.717, 1.165) is 31.1 Å². The van der Waals surface area contributed by atoms with Crippen LogP contribution in [0.25, 0.3) is 0 Å². The lowest BCUT2D eigenvalue weighted by molar-refractivity contribution is 0.0949. The van der Waals surface area contributed by atoms with E-state index in [1.54, 1.807) is 11.3 Å². The molecule has 0 radical (unpaired) electrons. The van der Waals surface area contributed by atoms with Gasteiger partial charge in [-0.1, -0.05) is 20.8 Å². The van der Waals surface area contributed by atoms with Gasteiger partial charge in [0.2, 0.25) is 0 Å². The van der Waals surface area contributed by atoms with Crippen LogP contribution in [-0.4, -0.2) is 28.9 Å². The third-order valence-electron chi connectivity index (χ3n) is 3.88. The summed E-state index contributed by atoms with van der Waals surface area (Å²) in [6.07, 6.45) is 2.10. The van der Waals surface area contributed by atoms with Crippen LogP contribution >= 0.6 is 22.7 Å². The van der Waals surface area contributed by atoms with E-state index in [2.05, 4.69) is 48.1 Å². The number of carbonyl (C=O) groups is 1. The number of nitrogens with one attached hydrogen (secondary N) is 1. The first-order valence-electron chi connectivity index (χ1n) is 8.98. The first-order valence-corrected chi connectivity index (χ1v) is 10.7. The Morgan fingerprint density at radius 1 is 1.32 bits per heavy atom. The predicted octanol–water partition coefficient (Wildman–Crippen LogP) is 4.70. The molecule has 1 amide bonds. The third kappa shape index (κ3) is 6.88. The second-order valence-electron chi connectivity index (χ2n) is 6.79. The summed E-state index contributed by atoms with van der Waals surface area (Å²) in [4.78, 5) is 21.8. The van der Waals surface area contributed by atoms with Crippen molar-refractivity contribution in [2.45, 2.75) is 53.6 Å². The maximum absolute atomic E-state index is 12.0. The molecule has 1 N–H and O–H groups in total. The Balaban J connectivity index is 2.00. The van der Waals surface area contributed by atoms with Crippen molar-refractivity contribution < 1.29 is 4.79 Å². The topological polar surface area (TPSA) is 45.2 Å². The molecule has 0 aliphatic heterocycles. The van der Waals surface area contributed by atoms with E-state index >= 15 is 0 Å². The minimum absolute atomic E-state index is 0.0630. The number of aromatic nitrogens is 1. The Morgan fingerprint density at radius 2 is 2.12 bits per heavy atom. The van der Waals surface area contributed by atoms with E-state index in [4.69, 9.17) is 0 Å². The van der Waals surface area contributed by atoms with Gasteiger partial charge in [0.05, 0.1) is 6.54 Å². The highest BCUT2D eigenvalue weighted by Crippen LogP contribution is 2.20. The van der Waals surface area contributed by atoms with Gasteiger partial charge in [-0.25, -0.2) is 4.98 Å². The first kappa shape index (κ1) is 20.1. The molecule has 138 valence electrons. The molecule has 6 heteroatoms. The highest BCUT2D eigenvalue weighted by Gasteiger charge is 2.14. The fourth-order valence-electron chi connectivity index (χ4n) is 2.45. The molecule has 2 rings (SSSR count). The zero-order valence-electron chi connectivity index (χ0n) is 15.7. The minimum atomic E-state index is -0.0630. The van der Waals surface area contributed by atoms with Crippen LogP contribution in [0.4, 0.5) is 0 Å². The summed E-state index contributed by atoms with van der Waals surface area (Å²) >= 11 is 3.44. The van der Waals surface area contributed by atoms with Crippen molar-refractivity contribution in [3.05, 3.63) is 38.0 Å². The Bertz CT molecular complexity index is 663.